The van der Waals surface area contributed by atoms with Crippen LogP contribution < -0.4 is 0 Å². The molecular weight excluding hydrogens is 224 g/mol. The zero-order chi connectivity index (χ0) is 13.8. The maximum atomic E-state index is 10.7. The molecule has 0 heterocycles. The molecule has 1 aromatic carbocycles. The standard InChI is InChI=1S/C8H13O2.C8H8/c1-4-5-6-10-8(9)7(2)3;1-2-8-6-4-3-5-7-8/h1-2,4-6H2,3H3;2-7H,1H2. The fraction of sp³-hybridized carbons (Fsp3) is 0.250. The second-order valence-corrected chi connectivity index (χ2v) is 3.74. The van der Waals surface area contributed by atoms with Gasteiger partial charge in [-0.05, 0) is 18.9 Å². The number of carbonyl (C=O) groups is 1. The molecule has 2 heteroatoms. The summed E-state index contributed by atoms with van der Waals surface area (Å²) in [6.45, 7) is 12.8. The molecule has 0 aliphatic heterocycles. The third kappa shape index (κ3) is 8.34. The van der Waals surface area contributed by atoms with E-state index < -0.39 is 0 Å². The summed E-state index contributed by atoms with van der Waals surface area (Å²) >= 11 is 0. The average molecular weight is 245 g/mol. The van der Waals surface area contributed by atoms with Crippen LogP contribution in [0.1, 0.15) is 25.3 Å². The Bertz CT molecular complexity index is 366. The van der Waals surface area contributed by atoms with Gasteiger partial charge in [0, 0.05) is 5.57 Å². The van der Waals surface area contributed by atoms with Crippen molar-refractivity contribution in [2.45, 2.75) is 19.8 Å². The van der Waals surface area contributed by atoms with Crippen molar-refractivity contribution in [3.05, 3.63) is 61.5 Å². The highest BCUT2D eigenvalue weighted by atomic mass is 16.5. The van der Waals surface area contributed by atoms with Gasteiger partial charge in [-0.15, -0.1) is 0 Å². The molecule has 0 saturated heterocycles. The first-order valence-electron chi connectivity index (χ1n) is 5.91. The lowest BCUT2D eigenvalue weighted by Gasteiger charge is -2.01. The predicted octanol–water partition coefficient (Wildman–Crippen LogP) is 4.05. The number of hydrogen-bond acceptors (Lipinski definition) is 2. The Balaban J connectivity index is 0.000000327. The molecule has 0 bridgehead atoms. The first-order valence-corrected chi connectivity index (χ1v) is 5.91. The van der Waals surface area contributed by atoms with Crippen molar-refractivity contribution in [1.82, 2.24) is 0 Å². The summed E-state index contributed by atoms with van der Waals surface area (Å²) in [6, 6.07) is 10.0. The molecule has 0 amide bonds. The number of rotatable bonds is 5. The van der Waals surface area contributed by atoms with Crippen molar-refractivity contribution >= 4 is 12.0 Å². The molecule has 18 heavy (non-hydrogen) atoms. The lowest BCUT2D eigenvalue weighted by Crippen LogP contribution is -2.05. The van der Waals surface area contributed by atoms with E-state index in [1.807, 2.05) is 36.4 Å². The molecule has 0 saturated carbocycles. The first kappa shape index (κ1) is 16.2. The molecule has 0 N–H and O–H groups in total. The molecular formula is C16H21O2. The van der Waals surface area contributed by atoms with Crippen LogP contribution in [0.2, 0.25) is 0 Å². The number of esters is 1. The van der Waals surface area contributed by atoms with E-state index in [0.29, 0.717) is 12.2 Å². The van der Waals surface area contributed by atoms with Gasteiger partial charge in [0.1, 0.15) is 0 Å². The van der Waals surface area contributed by atoms with Gasteiger partial charge < -0.3 is 4.74 Å². The maximum absolute atomic E-state index is 10.7. The summed E-state index contributed by atoms with van der Waals surface area (Å²) in [5.74, 6) is -0.312. The fourth-order valence-corrected chi connectivity index (χ4v) is 0.979. The molecule has 0 aliphatic rings. The molecule has 0 atom stereocenters. The first-order chi connectivity index (χ1) is 8.61. The maximum Gasteiger partial charge on any atom is 0.333 e. The van der Waals surface area contributed by atoms with Gasteiger partial charge in [-0.3, -0.25) is 0 Å². The van der Waals surface area contributed by atoms with E-state index in [4.69, 9.17) is 4.74 Å². The molecule has 0 aromatic heterocycles. The Hall–Kier alpha value is -1.83. The minimum atomic E-state index is -0.312. The lowest BCUT2D eigenvalue weighted by atomic mass is 10.2. The summed E-state index contributed by atoms with van der Waals surface area (Å²) in [5, 5.41) is 0. The van der Waals surface area contributed by atoms with Crippen LogP contribution >= 0.6 is 0 Å². The molecule has 1 rings (SSSR count). The highest BCUT2D eigenvalue weighted by molar-refractivity contribution is 5.86. The van der Waals surface area contributed by atoms with Gasteiger partial charge in [0.05, 0.1) is 6.61 Å². The fourth-order valence-electron chi connectivity index (χ4n) is 0.979. The Morgan fingerprint density at radius 3 is 2.33 bits per heavy atom. The number of ether oxygens (including phenoxy) is 1. The molecule has 0 fully saturated rings. The Kier molecular flexibility index (Phi) is 9.28. The van der Waals surface area contributed by atoms with Crippen LogP contribution in [0.4, 0.5) is 0 Å². The van der Waals surface area contributed by atoms with E-state index in [0.717, 1.165) is 12.8 Å². The smallest absolute Gasteiger partial charge is 0.333 e. The van der Waals surface area contributed by atoms with Gasteiger partial charge in [0.25, 0.3) is 0 Å². The summed E-state index contributed by atoms with van der Waals surface area (Å²) in [5.41, 5.74) is 1.62. The second kappa shape index (κ2) is 10.3. The Labute approximate surface area is 110 Å². The summed E-state index contributed by atoms with van der Waals surface area (Å²) < 4.78 is 4.77. The van der Waals surface area contributed by atoms with Crippen molar-refractivity contribution in [3.63, 3.8) is 0 Å². The van der Waals surface area contributed by atoms with Crippen LogP contribution in [0.15, 0.2) is 49.1 Å². The molecule has 0 aliphatic carbocycles. The summed E-state index contributed by atoms with van der Waals surface area (Å²) in [6.07, 6.45) is 3.45. The molecule has 0 spiro atoms. The molecule has 1 radical (unpaired) electrons. The Morgan fingerprint density at radius 1 is 1.33 bits per heavy atom. The highest BCUT2D eigenvalue weighted by Gasteiger charge is 2.00. The van der Waals surface area contributed by atoms with E-state index in [1.165, 1.54) is 5.56 Å². The summed E-state index contributed by atoms with van der Waals surface area (Å²) in [7, 11) is 0. The average Bonchev–Trinajstić information content (AvgIpc) is 2.40. The Morgan fingerprint density at radius 2 is 1.94 bits per heavy atom. The number of carbonyl (C=O) groups excluding carboxylic acids is 1. The zero-order valence-electron chi connectivity index (χ0n) is 11.0. The van der Waals surface area contributed by atoms with Crippen molar-refractivity contribution < 1.29 is 9.53 Å². The number of hydrogen-bond donors (Lipinski definition) is 0. The van der Waals surface area contributed by atoms with Crippen LogP contribution in [0.3, 0.4) is 0 Å². The second-order valence-electron chi connectivity index (χ2n) is 3.74. The van der Waals surface area contributed by atoms with Crippen molar-refractivity contribution in [3.8, 4) is 0 Å². The predicted molar refractivity (Wildman–Crippen MR) is 76.9 cm³/mol. The SMILES string of the molecule is C=Cc1ccccc1.[CH2]CCCOC(=O)C(=C)C. The van der Waals surface area contributed by atoms with E-state index in [2.05, 4.69) is 20.1 Å². The zero-order valence-corrected chi connectivity index (χ0v) is 11.0. The quantitative estimate of drug-likeness (QED) is 0.444. The van der Waals surface area contributed by atoms with Gasteiger partial charge in [0.15, 0.2) is 0 Å². The normalized spacial score (nSPS) is 8.78. The van der Waals surface area contributed by atoms with E-state index >= 15 is 0 Å². The van der Waals surface area contributed by atoms with Crippen LogP contribution in [0.5, 0.6) is 0 Å². The monoisotopic (exact) mass is 245 g/mol. The highest BCUT2D eigenvalue weighted by Crippen LogP contribution is 1.97. The third-order valence-electron chi connectivity index (χ3n) is 2.01. The van der Waals surface area contributed by atoms with Crippen LogP contribution in [0.25, 0.3) is 6.08 Å². The lowest BCUT2D eigenvalue weighted by molar-refractivity contribution is -0.139. The third-order valence-corrected chi connectivity index (χ3v) is 2.01. The number of benzene rings is 1. The minimum Gasteiger partial charge on any atom is -0.462 e. The van der Waals surface area contributed by atoms with E-state index in [-0.39, 0.29) is 5.97 Å². The molecule has 0 unspecified atom stereocenters. The van der Waals surface area contributed by atoms with Crippen LogP contribution in [0, 0.1) is 6.92 Å². The van der Waals surface area contributed by atoms with E-state index in [1.54, 1.807) is 6.92 Å². The molecule has 1 aromatic rings. The van der Waals surface area contributed by atoms with Gasteiger partial charge in [-0.1, -0.05) is 62.9 Å². The van der Waals surface area contributed by atoms with Gasteiger partial charge in [-0.2, -0.15) is 0 Å². The van der Waals surface area contributed by atoms with Gasteiger partial charge in [0.2, 0.25) is 0 Å². The molecule has 2 nitrogen and oxygen atoms in total. The number of unbranched alkanes of at least 4 members (excludes halogenated alkanes) is 1. The van der Waals surface area contributed by atoms with Crippen LogP contribution in [-0.4, -0.2) is 12.6 Å². The minimum absolute atomic E-state index is 0.312. The van der Waals surface area contributed by atoms with Crippen molar-refractivity contribution in [2.75, 3.05) is 6.61 Å². The molecule has 97 valence electrons. The van der Waals surface area contributed by atoms with Crippen molar-refractivity contribution in [1.29, 1.82) is 0 Å². The van der Waals surface area contributed by atoms with Crippen molar-refractivity contribution in [2.24, 2.45) is 0 Å². The topological polar surface area (TPSA) is 26.3 Å². The van der Waals surface area contributed by atoms with Gasteiger partial charge >= 0.3 is 5.97 Å². The van der Waals surface area contributed by atoms with Crippen LogP contribution in [-0.2, 0) is 9.53 Å². The van der Waals surface area contributed by atoms with E-state index in [9.17, 15) is 4.79 Å². The largest absolute Gasteiger partial charge is 0.462 e. The van der Waals surface area contributed by atoms with Gasteiger partial charge in [-0.25, -0.2) is 4.79 Å². The summed E-state index contributed by atoms with van der Waals surface area (Å²) in [4.78, 5) is 10.7.